The standard InChI is InChI=1S/C24H28F3N5OSi/c1-34(2,3)12-11-33-15-31-21-10-7-18(13-17(21)14-28-31)32-22-20(30-23(32)24(25,26)27)9-8-19(29-22)16-5-4-6-16/h7-10,13-14,16H,4-6,11-12,15H2,1-3H3. The van der Waals surface area contributed by atoms with E-state index in [9.17, 15) is 13.2 Å². The maximum atomic E-state index is 13.9. The van der Waals surface area contributed by atoms with Gasteiger partial charge in [0.05, 0.1) is 11.7 Å². The van der Waals surface area contributed by atoms with Crippen LogP contribution in [-0.4, -0.2) is 39.0 Å². The molecule has 0 amide bonds. The topological polar surface area (TPSA) is 57.8 Å². The summed E-state index contributed by atoms with van der Waals surface area (Å²) in [6, 6.07) is 9.65. The Hall–Kier alpha value is -2.72. The third kappa shape index (κ3) is 4.48. The second kappa shape index (κ2) is 8.49. The highest BCUT2D eigenvalue weighted by Gasteiger charge is 2.39. The molecule has 0 bridgehead atoms. The number of benzene rings is 1. The molecular weight excluding hydrogens is 459 g/mol. The Labute approximate surface area is 196 Å². The largest absolute Gasteiger partial charge is 0.450 e. The number of nitrogens with zero attached hydrogens (tertiary/aromatic N) is 5. The van der Waals surface area contributed by atoms with Crippen LogP contribution in [0.15, 0.2) is 36.5 Å². The van der Waals surface area contributed by atoms with Gasteiger partial charge >= 0.3 is 6.18 Å². The van der Waals surface area contributed by atoms with Gasteiger partial charge in [0.1, 0.15) is 12.2 Å². The van der Waals surface area contributed by atoms with Crippen molar-refractivity contribution < 1.29 is 17.9 Å². The van der Waals surface area contributed by atoms with Crippen LogP contribution in [0.25, 0.3) is 27.8 Å². The van der Waals surface area contributed by atoms with Crippen LogP contribution in [0.5, 0.6) is 0 Å². The van der Waals surface area contributed by atoms with Crippen LogP contribution in [0.2, 0.25) is 25.7 Å². The van der Waals surface area contributed by atoms with Gasteiger partial charge in [-0.2, -0.15) is 18.3 Å². The number of fused-ring (bicyclic) bond motifs is 2. The summed E-state index contributed by atoms with van der Waals surface area (Å²) in [5.74, 6) is -0.661. The van der Waals surface area contributed by atoms with Gasteiger partial charge in [0.15, 0.2) is 5.65 Å². The van der Waals surface area contributed by atoms with E-state index in [0.717, 1.165) is 46.5 Å². The lowest BCUT2D eigenvalue weighted by Gasteiger charge is -2.24. The SMILES string of the molecule is C[Si](C)(C)CCOCn1ncc2cc(-n3c(C(F)(F)F)nc4ccc(C5CCC5)nc43)ccc21. The minimum Gasteiger partial charge on any atom is -0.360 e. The predicted octanol–water partition coefficient (Wildman–Crippen LogP) is 6.37. The maximum absolute atomic E-state index is 13.9. The third-order valence-corrected chi connectivity index (χ3v) is 8.10. The maximum Gasteiger partial charge on any atom is 0.450 e. The van der Waals surface area contributed by atoms with Gasteiger partial charge in [0.2, 0.25) is 5.82 Å². The summed E-state index contributed by atoms with van der Waals surface area (Å²) in [5, 5.41) is 5.11. The highest BCUT2D eigenvalue weighted by molar-refractivity contribution is 6.76. The number of rotatable bonds is 7. The molecule has 4 aromatic rings. The summed E-state index contributed by atoms with van der Waals surface area (Å²) in [5.41, 5.74) is 2.47. The molecule has 0 atom stereocenters. The molecule has 1 aliphatic carbocycles. The van der Waals surface area contributed by atoms with Gasteiger partial charge < -0.3 is 4.74 Å². The molecule has 0 aliphatic heterocycles. The van der Waals surface area contributed by atoms with E-state index >= 15 is 0 Å². The van der Waals surface area contributed by atoms with E-state index in [1.54, 1.807) is 41.2 Å². The quantitative estimate of drug-likeness (QED) is 0.225. The number of halogens is 3. The Morgan fingerprint density at radius 2 is 1.88 bits per heavy atom. The van der Waals surface area contributed by atoms with Crippen molar-refractivity contribution in [1.82, 2.24) is 24.3 Å². The first-order valence-electron chi connectivity index (χ1n) is 11.6. The molecule has 10 heteroatoms. The molecular formula is C24H28F3N5OSi. The second-order valence-electron chi connectivity index (χ2n) is 10.2. The van der Waals surface area contributed by atoms with Gasteiger partial charge in [0, 0.05) is 37.4 Å². The van der Waals surface area contributed by atoms with Crippen LogP contribution < -0.4 is 0 Å². The fourth-order valence-electron chi connectivity index (χ4n) is 4.18. The normalized spacial score (nSPS) is 15.4. The molecule has 1 aliphatic rings. The number of hydrogen-bond acceptors (Lipinski definition) is 4. The summed E-state index contributed by atoms with van der Waals surface area (Å²) < 4.78 is 50.5. The summed E-state index contributed by atoms with van der Waals surface area (Å²) in [4.78, 5) is 8.52. The van der Waals surface area contributed by atoms with Crippen LogP contribution in [0.1, 0.15) is 36.7 Å². The minimum absolute atomic E-state index is 0.234. The van der Waals surface area contributed by atoms with Crippen molar-refractivity contribution in [1.29, 1.82) is 0 Å². The zero-order valence-electron chi connectivity index (χ0n) is 19.6. The third-order valence-electron chi connectivity index (χ3n) is 6.40. The van der Waals surface area contributed by atoms with Gasteiger partial charge in [-0.15, -0.1) is 0 Å². The lowest BCUT2D eigenvalue weighted by atomic mass is 9.83. The lowest BCUT2D eigenvalue weighted by Crippen LogP contribution is -2.22. The first-order chi connectivity index (χ1) is 16.1. The fourth-order valence-corrected chi connectivity index (χ4v) is 4.94. The van der Waals surface area contributed by atoms with Crippen molar-refractivity contribution in [2.45, 2.75) is 63.8 Å². The highest BCUT2D eigenvalue weighted by Crippen LogP contribution is 2.38. The lowest BCUT2D eigenvalue weighted by molar-refractivity contribution is -0.145. The van der Waals surface area contributed by atoms with Crippen molar-refractivity contribution in [3.63, 3.8) is 0 Å². The molecule has 1 saturated carbocycles. The Bertz CT molecular complexity index is 1330. The van der Waals surface area contributed by atoms with Gasteiger partial charge in [-0.3, -0.25) is 4.57 Å². The molecule has 0 radical (unpaired) electrons. The number of aromatic nitrogens is 5. The zero-order chi connectivity index (χ0) is 24.1. The Morgan fingerprint density at radius 1 is 1.09 bits per heavy atom. The van der Waals surface area contributed by atoms with Crippen LogP contribution in [0.3, 0.4) is 0 Å². The van der Waals surface area contributed by atoms with Crippen LogP contribution in [0, 0.1) is 0 Å². The molecule has 0 saturated heterocycles. The van der Waals surface area contributed by atoms with Crippen molar-refractivity contribution >= 4 is 30.1 Å². The molecule has 3 heterocycles. The van der Waals surface area contributed by atoms with Crippen molar-refractivity contribution in [2.24, 2.45) is 0 Å². The molecule has 5 rings (SSSR count). The predicted molar refractivity (Wildman–Crippen MR) is 128 cm³/mol. The first kappa shape index (κ1) is 23.0. The van der Waals surface area contributed by atoms with E-state index in [-0.39, 0.29) is 11.2 Å². The number of imidazole rings is 1. The van der Waals surface area contributed by atoms with Gasteiger partial charge in [-0.1, -0.05) is 26.1 Å². The Morgan fingerprint density at radius 3 is 2.56 bits per heavy atom. The number of alkyl halides is 3. The van der Waals surface area contributed by atoms with E-state index in [0.29, 0.717) is 24.9 Å². The van der Waals surface area contributed by atoms with Crippen molar-refractivity contribution in [2.75, 3.05) is 6.61 Å². The zero-order valence-corrected chi connectivity index (χ0v) is 20.6. The molecule has 1 aromatic carbocycles. The summed E-state index contributed by atoms with van der Waals surface area (Å²) in [7, 11) is -1.19. The first-order valence-corrected chi connectivity index (χ1v) is 15.3. The molecule has 0 spiro atoms. The van der Waals surface area contributed by atoms with Gasteiger partial charge in [0.25, 0.3) is 0 Å². The van der Waals surface area contributed by atoms with Crippen LogP contribution in [-0.2, 0) is 17.6 Å². The van der Waals surface area contributed by atoms with E-state index < -0.39 is 20.1 Å². The molecule has 0 unspecified atom stereocenters. The Balaban J connectivity index is 1.51. The van der Waals surface area contributed by atoms with Gasteiger partial charge in [-0.25, -0.2) is 14.6 Å². The minimum atomic E-state index is -4.61. The number of hydrogen-bond donors (Lipinski definition) is 0. The summed E-state index contributed by atoms with van der Waals surface area (Å²) >= 11 is 0. The molecule has 1 fully saturated rings. The molecule has 3 aromatic heterocycles. The van der Waals surface area contributed by atoms with E-state index in [1.807, 2.05) is 0 Å². The monoisotopic (exact) mass is 487 g/mol. The van der Waals surface area contributed by atoms with Crippen LogP contribution in [0.4, 0.5) is 13.2 Å². The molecule has 0 N–H and O–H groups in total. The van der Waals surface area contributed by atoms with Crippen molar-refractivity contribution in [3.05, 3.63) is 48.0 Å². The van der Waals surface area contributed by atoms with Gasteiger partial charge in [-0.05, 0) is 49.2 Å². The van der Waals surface area contributed by atoms with E-state index in [1.165, 1.54) is 0 Å². The summed E-state index contributed by atoms with van der Waals surface area (Å²) in [6.45, 7) is 7.85. The number of pyridine rings is 1. The average molecular weight is 488 g/mol. The fraction of sp³-hybridized carbons (Fsp3) is 0.458. The molecule has 34 heavy (non-hydrogen) atoms. The highest BCUT2D eigenvalue weighted by atomic mass is 28.3. The Kier molecular flexibility index (Phi) is 5.76. The second-order valence-corrected chi connectivity index (χ2v) is 15.8. The van der Waals surface area contributed by atoms with Crippen molar-refractivity contribution in [3.8, 4) is 5.69 Å². The smallest absolute Gasteiger partial charge is 0.360 e. The molecule has 6 nitrogen and oxygen atoms in total. The average Bonchev–Trinajstić information content (AvgIpc) is 3.30. The van der Waals surface area contributed by atoms with E-state index in [4.69, 9.17) is 4.74 Å². The number of ether oxygens (including phenoxy) is 1. The van der Waals surface area contributed by atoms with E-state index in [2.05, 4.69) is 34.7 Å². The van der Waals surface area contributed by atoms with Crippen LogP contribution >= 0.6 is 0 Å². The summed E-state index contributed by atoms with van der Waals surface area (Å²) in [6.07, 6.45) is 0.203. The molecule has 180 valence electrons.